The molecule has 3 aromatic rings. The number of hydrogen-bond donors (Lipinski definition) is 1. The van der Waals surface area contributed by atoms with Gasteiger partial charge in [-0.15, -0.1) is 0 Å². The monoisotopic (exact) mass is 307 g/mol. The quantitative estimate of drug-likeness (QED) is 0.739. The third-order valence-electron chi connectivity index (χ3n) is 4.46. The lowest BCUT2D eigenvalue weighted by molar-refractivity contribution is 0.242. The smallest absolute Gasteiger partial charge is 0.336 e. The Hall–Kier alpha value is -2.59. The fraction of sp³-hybridized carbons (Fsp3) is 0.211. The van der Waals surface area contributed by atoms with Crippen molar-refractivity contribution in [2.45, 2.75) is 19.5 Å². The van der Waals surface area contributed by atoms with Crippen molar-refractivity contribution in [1.29, 1.82) is 0 Å². The molecule has 23 heavy (non-hydrogen) atoms. The Morgan fingerprint density at radius 3 is 2.70 bits per heavy atom. The largest absolute Gasteiger partial charge is 0.507 e. The highest BCUT2D eigenvalue weighted by molar-refractivity contribution is 5.81. The van der Waals surface area contributed by atoms with E-state index in [4.69, 9.17) is 4.42 Å². The molecule has 4 nitrogen and oxygen atoms in total. The van der Waals surface area contributed by atoms with Crippen LogP contribution in [0.5, 0.6) is 5.75 Å². The van der Waals surface area contributed by atoms with Crippen LogP contribution in [0, 0.1) is 0 Å². The van der Waals surface area contributed by atoms with E-state index in [0.717, 1.165) is 24.9 Å². The summed E-state index contributed by atoms with van der Waals surface area (Å²) >= 11 is 0. The molecule has 1 aromatic heterocycles. The normalized spacial score (nSPS) is 14.8. The van der Waals surface area contributed by atoms with Gasteiger partial charge in [0.15, 0.2) is 0 Å². The van der Waals surface area contributed by atoms with E-state index in [-0.39, 0.29) is 5.75 Å². The second-order valence-corrected chi connectivity index (χ2v) is 5.97. The van der Waals surface area contributed by atoms with E-state index in [9.17, 15) is 9.90 Å². The molecule has 2 aromatic carbocycles. The van der Waals surface area contributed by atoms with Gasteiger partial charge >= 0.3 is 5.63 Å². The van der Waals surface area contributed by atoms with Crippen LogP contribution in [-0.2, 0) is 19.5 Å². The first-order chi connectivity index (χ1) is 11.2. The van der Waals surface area contributed by atoms with Crippen molar-refractivity contribution in [2.75, 3.05) is 6.54 Å². The second kappa shape index (κ2) is 5.56. The van der Waals surface area contributed by atoms with Crippen molar-refractivity contribution in [2.24, 2.45) is 0 Å². The number of nitrogens with zero attached hydrogens (tertiary/aromatic N) is 1. The maximum Gasteiger partial charge on any atom is 0.336 e. The van der Waals surface area contributed by atoms with Gasteiger partial charge in [0.25, 0.3) is 0 Å². The van der Waals surface area contributed by atoms with Gasteiger partial charge < -0.3 is 9.52 Å². The predicted octanol–water partition coefficient (Wildman–Crippen LogP) is 3.06. The first-order valence-electron chi connectivity index (χ1n) is 7.74. The zero-order valence-electron chi connectivity index (χ0n) is 12.7. The maximum absolute atomic E-state index is 11.5. The van der Waals surface area contributed by atoms with Gasteiger partial charge in [-0.3, -0.25) is 4.90 Å². The molecule has 0 spiro atoms. The molecule has 0 radical (unpaired) electrons. The van der Waals surface area contributed by atoms with Crippen LogP contribution in [0.15, 0.2) is 57.7 Å². The molecule has 0 atom stereocenters. The average Bonchev–Trinajstić information content (AvgIpc) is 2.57. The number of rotatable bonds is 2. The summed E-state index contributed by atoms with van der Waals surface area (Å²) in [6, 6.07) is 15.0. The van der Waals surface area contributed by atoms with Crippen LogP contribution >= 0.6 is 0 Å². The SMILES string of the molecule is O=c1ccc2ccc(O)c(CN3CCc4ccccc4C3)c2o1. The van der Waals surface area contributed by atoms with Gasteiger partial charge in [0, 0.05) is 31.1 Å². The van der Waals surface area contributed by atoms with Gasteiger partial charge in [0.2, 0.25) is 0 Å². The van der Waals surface area contributed by atoms with E-state index >= 15 is 0 Å². The van der Waals surface area contributed by atoms with Crippen LogP contribution in [0.3, 0.4) is 0 Å². The van der Waals surface area contributed by atoms with Gasteiger partial charge in [-0.1, -0.05) is 24.3 Å². The van der Waals surface area contributed by atoms with Crippen LogP contribution in [-0.4, -0.2) is 16.6 Å². The topological polar surface area (TPSA) is 53.7 Å². The van der Waals surface area contributed by atoms with Gasteiger partial charge in [0.05, 0.1) is 5.56 Å². The Kier molecular flexibility index (Phi) is 3.39. The van der Waals surface area contributed by atoms with Crippen molar-refractivity contribution in [3.05, 3.63) is 75.6 Å². The Bertz CT molecular complexity index is 929. The molecule has 1 N–H and O–H groups in total. The summed E-state index contributed by atoms with van der Waals surface area (Å²) < 4.78 is 5.34. The molecule has 116 valence electrons. The lowest BCUT2D eigenvalue weighted by Crippen LogP contribution is -2.30. The highest BCUT2D eigenvalue weighted by Crippen LogP contribution is 2.29. The molecule has 0 amide bonds. The molecule has 1 aliphatic heterocycles. The first kappa shape index (κ1) is 14.0. The highest BCUT2D eigenvalue weighted by atomic mass is 16.4. The van der Waals surface area contributed by atoms with Gasteiger partial charge in [-0.05, 0) is 35.7 Å². The molecular formula is C19H17NO3. The van der Waals surface area contributed by atoms with Crippen LogP contribution < -0.4 is 5.63 Å². The van der Waals surface area contributed by atoms with Crippen LogP contribution in [0.25, 0.3) is 11.0 Å². The number of phenols is 1. The molecule has 0 aliphatic carbocycles. The molecule has 0 fully saturated rings. The minimum Gasteiger partial charge on any atom is -0.507 e. The Morgan fingerprint density at radius 1 is 1.04 bits per heavy atom. The standard InChI is InChI=1S/C19H17NO3/c21-17-7-5-14-6-8-18(22)23-19(14)16(17)12-20-10-9-13-3-1-2-4-15(13)11-20/h1-8,21H,9-12H2. The van der Waals surface area contributed by atoms with Gasteiger partial charge in [-0.25, -0.2) is 4.79 Å². The Balaban J connectivity index is 1.70. The molecule has 0 saturated heterocycles. The number of aromatic hydroxyl groups is 1. The van der Waals surface area contributed by atoms with E-state index in [1.807, 2.05) is 0 Å². The summed E-state index contributed by atoms with van der Waals surface area (Å²) in [4.78, 5) is 13.8. The number of hydrogen-bond acceptors (Lipinski definition) is 4. The minimum absolute atomic E-state index is 0.172. The third-order valence-corrected chi connectivity index (χ3v) is 4.46. The third kappa shape index (κ3) is 2.62. The average molecular weight is 307 g/mol. The number of benzene rings is 2. The van der Waals surface area contributed by atoms with Crippen LogP contribution in [0.2, 0.25) is 0 Å². The van der Waals surface area contributed by atoms with E-state index < -0.39 is 5.63 Å². The lowest BCUT2D eigenvalue weighted by atomic mass is 9.99. The lowest BCUT2D eigenvalue weighted by Gasteiger charge is -2.29. The molecule has 0 unspecified atom stereocenters. The molecule has 4 heteroatoms. The van der Waals surface area contributed by atoms with E-state index in [0.29, 0.717) is 17.7 Å². The zero-order chi connectivity index (χ0) is 15.8. The summed E-state index contributed by atoms with van der Waals surface area (Å²) in [6.45, 7) is 2.32. The molecule has 2 heterocycles. The summed E-state index contributed by atoms with van der Waals surface area (Å²) in [6.07, 6.45) is 0.992. The van der Waals surface area contributed by atoms with Crippen molar-refractivity contribution in [3.8, 4) is 5.75 Å². The summed E-state index contributed by atoms with van der Waals surface area (Å²) in [5, 5.41) is 11.1. The van der Waals surface area contributed by atoms with Crippen molar-refractivity contribution in [3.63, 3.8) is 0 Å². The predicted molar refractivity (Wildman–Crippen MR) is 88.4 cm³/mol. The van der Waals surface area contributed by atoms with Crippen molar-refractivity contribution in [1.82, 2.24) is 4.90 Å². The fourth-order valence-corrected chi connectivity index (χ4v) is 3.25. The number of phenolic OH excluding ortho intramolecular Hbond substituents is 1. The number of fused-ring (bicyclic) bond motifs is 2. The molecule has 0 saturated carbocycles. The summed E-state index contributed by atoms with van der Waals surface area (Å²) in [5.74, 6) is 0.172. The maximum atomic E-state index is 11.5. The van der Waals surface area contributed by atoms with Gasteiger partial charge in [-0.2, -0.15) is 0 Å². The zero-order valence-corrected chi connectivity index (χ0v) is 12.7. The highest BCUT2D eigenvalue weighted by Gasteiger charge is 2.19. The van der Waals surface area contributed by atoms with E-state index in [1.165, 1.54) is 17.2 Å². The summed E-state index contributed by atoms with van der Waals surface area (Å²) in [5.41, 5.74) is 3.47. The fourth-order valence-electron chi connectivity index (χ4n) is 3.25. The Morgan fingerprint density at radius 2 is 1.83 bits per heavy atom. The second-order valence-electron chi connectivity index (χ2n) is 5.97. The van der Waals surface area contributed by atoms with Crippen LogP contribution in [0.4, 0.5) is 0 Å². The van der Waals surface area contributed by atoms with Gasteiger partial charge in [0.1, 0.15) is 11.3 Å². The van der Waals surface area contributed by atoms with Crippen molar-refractivity contribution >= 4 is 11.0 Å². The molecule has 4 rings (SSSR count). The van der Waals surface area contributed by atoms with E-state index in [1.54, 1.807) is 18.2 Å². The Labute approximate surface area is 133 Å². The molecule has 0 bridgehead atoms. The molecular weight excluding hydrogens is 290 g/mol. The minimum atomic E-state index is -0.395. The first-order valence-corrected chi connectivity index (χ1v) is 7.74. The molecule has 1 aliphatic rings. The summed E-state index contributed by atoms with van der Waals surface area (Å²) in [7, 11) is 0. The van der Waals surface area contributed by atoms with Crippen LogP contribution in [0.1, 0.15) is 16.7 Å². The van der Waals surface area contributed by atoms with Crippen molar-refractivity contribution < 1.29 is 9.52 Å². The van der Waals surface area contributed by atoms with E-state index in [2.05, 4.69) is 29.2 Å².